The van der Waals surface area contributed by atoms with Gasteiger partial charge in [0.15, 0.2) is 0 Å². The molecule has 1 heterocycles. The van der Waals surface area contributed by atoms with Gasteiger partial charge in [-0.15, -0.1) is 0 Å². The molecule has 1 aromatic rings. The second-order valence-electron chi connectivity index (χ2n) is 4.33. The van der Waals surface area contributed by atoms with Crippen molar-refractivity contribution < 1.29 is 19.4 Å². The molecule has 6 heteroatoms. The van der Waals surface area contributed by atoms with E-state index in [9.17, 15) is 4.79 Å². The van der Waals surface area contributed by atoms with Gasteiger partial charge in [0.1, 0.15) is 0 Å². The van der Waals surface area contributed by atoms with E-state index in [-0.39, 0.29) is 5.56 Å². The summed E-state index contributed by atoms with van der Waals surface area (Å²) in [5, 5.41) is 12.0. The van der Waals surface area contributed by atoms with Crippen molar-refractivity contribution in [1.82, 2.24) is 10.3 Å². The van der Waals surface area contributed by atoms with E-state index in [4.69, 9.17) is 14.6 Å². The monoisotopic (exact) mass is 282 g/mol. The summed E-state index contributed by atoms with van der Waals surface area (Å²) in [6.45, 7) is 3.55. The molecule has 112 valence electrons. The number of carboxylic acid groups (broad SMARTS) is 1. The van der Waals surface area contributed by atoms with Crippen LogP contribution in [0.1, 0.15) is 28.9 Å². The number of nitrogens with one attached hydrogen (secondary N) is 1. The van der Waals surface area contributed by atoms with E-state index < -0.39 is 5.97 Å². The fourth-order valence-electron chi connectivity index (χ4n) is 1.57. The van der Waals surface area contributed by atoms with Crippen LogP contribution < -0.4 is 5.32 Å². The maximum absolute atomic E-state index is 10.7. The van der Waals surface area contributed by atoms with Crippen molar-refractivity contribution in [1.29, 1.82) is 0 Å². The Hall–Kier alpha value is -1.50. The third-order valence-electron chi connectivity index (χ3n) is 2.70. The second-order valence-corrected chi connectivity index (χ2v) is 4.33. The van der Waals surface area contributed by atoms with Crippen LogP contribution in [0.5, 0.6) is 0 Å². The highest BCUT2D eigenvalue weighted by Crippen LogP contribution is 2.00. The summed E-state index contributed by atoms with van der Waals surface area (Å²) >= 11 is 0. The summed E-state index contributed by atoms with van der Waals surface area (Å²) in [7, 11) is 1.66. The molecule has 0 atom stereocenters. The fourth-order valence-corrected chi connectivity index (χ4v) is 1.57. The van der Waals surface area contributed by atoms with Crippen molar-refractivity contribution >= 4 is 5.97 Å². The molecule has 0 aromatic carbocycles. The van der Waals surface area contributed by atoms with Crippen molar-refractivity contribution in [3.05, 3.63) is 29.6 Å². The molecule has 0 fully saturated rings. The average Bonchev–Trinajstić information content (AvgIpc) is 2.46. The van der Waals surface area contributed by atoms with Gasteiger partial charge in [-0.05, 0) is 31.5 Å². The van der Waals surface area contributed by atoms with Crippen LogP contribution in [-0.4, -0.2) is 49.5 Å². The van der Waals surface area contributed by atoms with E-state index in [0.717, 1.165) is 31.7 Å². The molecule has 1 rings (SSSR count). The van der Waals surface area contributed by atoms with E-state index >= 15 is 0 Å². The Morgan fingerprint density at radius 2 is 2.15 bits per heavy atom. The molecule has 0 aliphatic carbocycles. The van der Waals surface area contributed by atoms with Crippen LogP contribution in [0, 0.1) is 0 Å². The lowest BCUT2D eigenvalue weighted by molar-refractivity contribution is 0.0688. The Morgan fingerprint density at radius 3 is 2.80 bits per heavy atom. The zero-order chi connectivity index (χ0) is 14.6. The Labute approximate surface area is 119 Å². The molecule has 0 unspecified atom stereocenters. The lowest BCUT2D eigenvalue weighted by Gasteiger charge is -2.05. The van der Waals surface area contributed by atoms with Crippen molar-refractivity contribution in [3.63, 3.8) is 0 Å². The number of hydrogen-bond donors (Lipinski definition) is 2. The summed E-state index contributed by atoms with van der Waals surface area (Å²) in [5.41, 5.74) is 1.05. The molecule has 6 nitrogen and oxygen atoms in total. The van der Waals surface area contributed by atoms with Crippen LogP contribution in [-0.2, 0) is 16.0 Å². The van der Waals surface area contributed by atoms with Crippen LogP contribution in [0.4, 0.5) is 0 Å². The number of aromatic carboxylic acids is 1. The van der Waals surface area contributed by atoms with E-state index in [1.165, 1.54) is 6.20 Å². The number of rotatable bonds is 11. The Kier molecular flexibility index (Phi) is 8.53. The molecule has 2 N–H and O–H groups in total. The van der Waals surface area contributed by atoms with Crippen molar-refractivity contribution in [2.75, 3.05) is 33.5 Å². The average molecular weight is 282 g/mol. The Morgan fingerprint density at radius 1 is 1.30 bits per heavy atom. The minimum absolute atomic E-state index is 0.210. The Balaban J connectivity index is 2.02. The van der Waals surface area contributed by atoms with Gasteiger partial charge in [0.2, 0.25) is 0 Å². The minimum atomic E-state index is -0.953. The standard InChI is InChI=1S/C14H22N2O4/c1-19-8-9-20-7-3-2-6-15-11-13-5-4-12(10-16-13)14(17)18/h4-5,10,15H,2-3,6-9,11H2,1H3,(H,17,18). The topological polar surface area (TPSA) is 80.7 Å². The number of hydrogen-bond acceptors (Lipinski definition) is 5. The van der Waals surface area contributed by atoms with E-state index in [0.29, 0.717) is 19.8 Å². The number of methoxy groups -OCH3 is 1. The van der Waals surface area contributed by atoms with E-state index in [2.05, 4.69) is 10.3 Å². The molecule has 0 radical (unpaired) electrons. The van der Waals surface area contributed by atoms with Gasteiger partial charge in [-0.3, -0.25) is 4.98 Å². The van der Waals surface area contributed by atoms with Crippen molar-refractivity contribution in [2.45, 2.75) is 19.4 Å². The van der Waals surface area contributed by atoms with Crippen LogP contribution in [0.15, 0.2) is 18.3 Å². The minimum Gasteiger partial charge on any atom is -0.478 e. The van der Waals surface area contributed by atoms with Crippen molar-refractivity contribution in [3.8, 4) is 0 Å². The SMILES string of the molecule is COCCOCCCCNCc1ccc(C(=O)O)cn1. The van der Waals surface area contributed by atoms with Crippen LogP contribution in [0.2, 0.25) is 0 Å². The molecule has 0 aliphatic heterocycles. The fraction of sp³-hybridized carbons (Fsp3) is 0.571. The van der Waals surface area contributed by atoms with Gasteiger partial charge in [0.25, 0.3) is 0 Å². The van der Waals surface area contributed by atoms with Gasteiger partial charge in [0, 0.05) is 26.5 Å². The number of unbranched alkanes of at least 4 members (excludes halogenated alkanes) is 1. The predicted octanol–water partition coefficient (Wildman–Crippen LogP) is 1.31. The number of ether oxygens (including phenoxy) is 2. The first-order valence-corrected chi connectivity index (χ1v) is 6.69. The van der Waals surface area contributed by atoms with Gasteiger partial charge >= 0.3 is 5.97 Å². The number of aromatic nitrogens is 1. The predicted molar refractivity (Wildman–Crippen MR) is 74.8 cm³/mol. The number of pyridine rings is 1. The molecular formula is C14H22N2O4. The van der Waals surface area contributed by atoms with E-state index in [1.807, 2.05) is 0 Å². The Bertz CT molecular complexity index is 381. The first kappa shape index (κ1) is 16.6. The van der Waals surface area contributed by atoms with Crippen molar-refractivity contribution in [2.24, 2.45) is 0 Å². The lowest BCUT2D eigenvalue weighted by atomic mass is 10.2. The largest absolute Gasteiger partial charge is 0.478 e. The molecule has 0 aliphatic rings. The highest BCUT2D eigenvalue weighted by atomic mass is 16.5. The normalized spacial score (nSPS) is 10.7. The quantitative estimate of drug-likeness (QED) is 0.596. The third-order valence-corrected chi connectivity index (χ3v) is 2.70. The number of carboxylic acids is 1. The third kappa shape index (κ3) is 7.18. The van der Waals surface area contributed by atoms with Crippen LogP contribution in [0.3, 0.4) is 0 Å². The molecule has 20 heavy (non-hydrogen) atoms. The summed E-state index contributed by atoms with van der Waals surface area (Å²) in [5.74, 6) is -0.953. The van der Waals surface area contributed by atoms with Gasteiger partial charge in [-0.1, -0.05) is 0 Å². The zero-order valence-electron chi connectivity index (χ0n) is 11.8. The number of nitrogens with zero attached hydrogens (tertiary/aromatic N) is 1. The first-order valence-electron chi connectivity index (χ1n) is 6.69. The van der Waals surface area contributed by atoms with E-state index in [1.54, 1.807) is 19.2 Å². The van der Waals surface area contributed by atoms with Crippen LogP contribution in [0.25, 0.3) is 0 Å². The first-order chi connectivity index (χ1) is 9.74. The molecule has 0 spiro atoms. The maximum Gasteiger partial charge on any atom is 0.337 e. The zero-order valence-corrected chi connectivity index (χ0v) is 11.8. The van der Waals surface area contributed by atoms with Gasteiger partial charge in [-0.2, -0.15) is 0 Å². The molecule has 0 bridgehead atoms. The smallest absolute Gasteiger partial charge is 0.337 e. The summed E-state index contributed by atoms with van der Waals surface area (Å²) in [4.78, 5) is 14.7. The summed E-state index contributed by atoms with van der Waals surface area (Å²) in [6, 6.07) is 3.29. The molecule has 0 saturated heterocycles. The molecule has 0 saturated carbocycles. The summed E-state index contributed by atoms with van der Waals surface area (Å²) in [6.07, 6.45) is 3.41. The highest BCUT2D eigenvalue weighted by molar-refractivity contribution is 5.87. The highest BCUT2D eigenvalue weighted by Gasteiger charge is 2.02. The maximum atomic E-state index is 10.7. The molecule has 0 amide bonds. The second kappa shape index (κ2) is 10.3. The van der Waals surface area contributed by atoms with Gasteiger partial charge < -0.3 is 19.9 Å². The molecule has 1 aromatic heterocycles. The van der Waals surface area contributed by atoms with Gasteiger partial charge in [0.05, 0.1) is 24.5 Å². The van der Waals surface area contributed by atoms with Gasteiger partial charge in [-0.25, -0.2) is 4.79 Å². The van der Waals surface area contributed by atoms with Crippen LogP contribution >= 0.6 is 0 Å². The summed E-state index contributed by atoms with van der Waals surface area (Å²) < 4.78 is 10.2. The number of carbonyl (C=O) groups is 1. The lowest BCUT2D eigenvalue weighted by Crippen LogP contribution is -2.16. The molecular weight excluding hydrogens is 260 g/mol.